The van der Waals surface area contributed by atoms with E-state index in [0.717, 1.165) is 60.4 Å². The molecule has 3 fully saturated rings. The van der Waals surface area contributed by atoms with Crippen LogP contribution in [-0.2, 0) is 32.2 Å². The van der Waals surface area contributed by atoms with E-state index in [4.69, 9.17) is 9.47 Å². The molecule has 1 spiro atoms. The molecule has 0 saturated carbocycles. The molecule has 0 aliphatic carbocycles. The highest BCUT2D eigenvalue weighted by molar-refractivity contribution is 5.93. The van der Waals surface area contributed by atoms with Crippen molar-refractivity contribution in [3.63, 3.8) is 0 Å². The predicted octanol–water partition coefficient (Wildman–Crippen LogP) is 3.79. The predicted molar refractivity (Wildman–Crippen MR) is 163 cm³/mol. The second-order valence-corrected chi connectivity index (χ2v) is 11.8. The van der Waals surface area contributed by atoms with Gasteiger partial charge in [0.1, 0.15) is 5.54 Å². The molecule has 0 aromatic heterocycles. The van der Waals surface area contributed by atoms with Crippen molar-refractivity contribution < 1.29 is 24.2 Å². The molecule has 3 saturated heterocycles. The number of nitrogens with one attached hydrogen (secondary N) is 2. The Labute approximate surface area is 252 Å². The number of likely N-dealkylation sites (tertiary alicyclic amines) is 1. The van der Waals surface area contributed by atoms with Crippen LogP contribution in [0.1, 0.15) is 60.8 Å². The quantitative estimate of drug-likeness (QED) is 0.370. The first-order valence-corrected chi connectivity index (χ1v) is 15.1. The van der Waals surface area contributed by atoms with Crippen molar-refractivity contribution in [2.45, 2.75) is 63.4 Å². The molecule has 2 amide bonds. The Hall–Kier alpha value is -3.76. The lowest BCUT2D eigenvalue weighted by molar-refractivity contribution is -0.253. The summed E-state index contributed by atoms with van der Waals surface area (Å²) >= 11 is 0. The molecule has 3 N–H and O–H groups in total. The summed E-state index contributed by atoms with van der Waals surface area (Å²) in [5.74, 6) is 0.0533. The number of carbonyl (C=O) groups excluding carboxylic acids is 2. The highest BCUT2D eigenvalue weighted by Gasteiger charge is 2.50. The minimum atomic E-state index is -0.540. The smallest absolute Gasteiger partial charge is 0.247 e. The van der Waals surface area contributed by atoms with Gasteiger partial charge in [0.05, 0.1) is 25.5 Å². The number of hydrogen-bond acceptors (Lipinski definition) is 7. The van der Waals surface area contributed by atoms with Crippen LogP contribution in [0.3, 0.4) is 0 Å². The van der Waals surface area contributed by atoms with Gasteiger partial charge < -0.3 is 35.0 Å². The molecule has 226 valence electrons. The topological polar surface area (TPSA) is 103 Å². The number of benzene rings is 3. The fourth-order valence-electron chi connectivity index (χ4n) is 6.48. The fourth-order valence-corrected chi connectivity index (χ4v) is 6.48. The van der Waals surface area contributed by atoms with Gasteiger partial charge in [0, 0.05) is 50.8 Å². The third-order valence-corrected chi connectivity index (χ3v) is 8.96. The molecule has 0 unspecified atom stereocenters. The first-order valence-electron chi connectivity index (χ1n) is 15.1. The molecular formula is C34H40N4O5. The molecule has 0 radical (unpaired) electrons. The average Bonchev–Trinajstić information content (AvgIpc) is 3.36. The fraction of sp³-hybridized carbons (Fsp3) is 0.412. The Bertz CT molecular complexity index is 1390. The summed E-state index contributed by atoms with van der Waals surface area (Å²) in [7, 11) is 0. The second kappa shape index (κ2) is 12.9. The maximum atomic E-state index is 13.1. The largest absolute Gasteiger partial charge is 0.392 e. The van der Waals surface area contributed by atoms with E-state index in [0.29, 0.717) is 19.6 Å². The molecule has 3 heterocycles. The number of ether oxygens (including phenoxy) is 2. The van der Waals surface area contributed by atoms with E-state index in [2.05, 4.69) is 32.6 Å². The van der Waals surface area contributed by atoms with Crippen molar-refractivity contribution in [3.8, 4) is 0 Å². The van der Waals surface area contributed by atoms with E-state index in [1.165, 1.54) is 6.92 Å². The van der Waals surface area contributed by atoms with E-state index >= 15 is 0 Å². The number of aliphatic hydroxyl groups excluding tert-OH is 1. The number of carbonyl (C=O) groups is 2. The molecule has 9 heteroatoms. The van der Waals surface area contributed by atoms with Crippen LogP contribution < -0.4 is 15.5 Å². The van der Waals surface area contributed by atoms with Crippen molar-refractivity contribution in [2.75, 3.05) is 31.2 Å². The van der Waals surface area contributed by atoms with Gasteiger partial charge in [-0.25, -0.2) is 0 Å². The highest BCUT2D eigenvalue weighted by atomic mass is 16.7. The molecular weight excluding hydrogens is 544 g/mol. The monoisotopic (exact) mass is 584 g/mol. The lowest BCUT2D eigenvalue weighted by Gasteiger charge is -2.45. The number of piperidine rings is 1. The van der Waals surface area contributed by atoms with Gasteiger partial charge in [-0.3, -0.25) is 9.59 Å². The maximum Gasteiger partial charge on any atom is 0.247 e. The van der Waals surface area contributed by atoms with Crippen LogP contribution in [0.25, 0.3) is 0 Å². The van der Waals surface area contributed by atoms with E-state index in [1.54, 1.807) is 0 Å². The Kier molecular flexibility index (Phi) is 8.76. The van der Waals surface area contributed by atoms with Crippen molar-refractivity contribution >= 4 is 17.5 Å². The summed E-state index contributed by atoms with van der Waals surface area (Å²) in [6, 6.07) is 26.1. The minimum absolute atomic E-state index is 0.00116. The lowest BCUT2D eigenvalue weighted by atomic mass is 9.85. The average molecular weight is 585 g/mol. The van der Waals surface area contributed by atoms with Crippen LogP contribution in [0.2, 0.25) is 0 Å². The van der Waals surface area contributed by atoms with Crippen LogP contribution in [0.4, 0.5) is 5.69 Å². The Balaban J connectivity index is 1.16. The van der Waals surface area contributed by atoms with Gasteiger partial charge in [-0.05, 0) is 41.7 Å². The normalized spacial score (nSPS) is 23.7. The number of anilines is 1. The van der Waals surface area contributed by atoms with Gasteiger partial charge in [0.25, 0.3) is 0 Å². The zero-order valence-electron chi connectivity index (χ0n) is 24.6. The van der Waals surface area contributed by atoms with Crippen LogP contribution in [0.15, 0.2) is 78.9 Å². The molecule has 3 aromatic rings. The Morgan fingerprint density at radius 2 is 1.63 bits per heavy atom. The Morgan fingerprint density at radius 3 is 2.30 bits per heavy atom. The number of amides is 2. The van der Waals surface area contributed by atoms with Crippen molar-refractivity contribution in [2.24, 2.45) is 0 Å². The molecule has 3 aliphatic heterocycles. The number of hydrogen-bond donors (Lipinski definition) is 3. The van der Waals surface area contributed by atoms with E-state index in [-0.39, 0.29) is 30.6 Å². The van der Waals surface area contributed by atoms with Crippen LogP contribution >= 0.6 is 0 Å². The number of para-hydroxylation sites is 1. The molecule has 3 aliphatic rings. The zero-order valence-corrected chi connectivity index (χ0v) is 24.6. The number of nitrogens with zero attached hydrogens (tertiary/aromatic N) is 2. The maximum absolute atomic E-state index is 13.1. The van der Waals surface area contributed by atoms with Crippen molar-refractivity contribution in [1.82, 2.24) is 15.5 Å². The zero-order chi connectivity index (χ0) is 29.8. The van der Waals surface area contributed by atoms with Gasteiger partial charge in [-0.2, -0.15) is 0 Å². The second-order valence-electron chi connectivity index (χ2n) is 11.8. The van der Waals surface area contributed by atoms with E-state index in [1.807, 2.05) is 66.7 Å². The van der Waals surface area contributed by atoms with Gasteiger partial charge in [0.15, 0.2) is 6.29 Å². The summed E-state index contributed by atoms with van der Waals surface area (Å²) < 4.78 is 13.1. The third kappa shape index (κ3) is 6.45. The Morgan fingerprint density at radius 1 is 0.953 bits per heavy atom. The van der Waals surface area contributed by atoms with Crippen LogP contribution in [0.5, 0.6) is 0 Å². The van der Waals surface area contributed by atoms with E-state index in [9.17, 15) is 14.7 Å². The molecule has 6 rings (SSSR count). The molecule has 9 nitrogen and oxygen atoms in total. The molecule has 3 atom stereocenters. The summed E-state index contributed by atoms with van der Waals surface area (Å²) in [6.45, 7) is 4.87. The summed E-state index contributed by atoms with van der Waals surface area (Å²) in [4.78, 5) is 29.1. The van der Waals surface area contributed by atoms with Gasteiger partial charge in [-0.15, -0.1) is 0 Å². The third-order valence-electron chi connectivity index (χ3n) is 8.96. The first kappa shape index (κ1) is 29.3. The standard InChI is InChI=1S/C34H40N4O5/c1-24(40)35-20-25-7-13-28(14-8-25)32-42-30(19-31(43-32)27-11-9-26(22-39)10-12-27)21-37-17-15-34(16-18-37)33(41)36-23-38(34)29-5-3-2-4-6-29/h2-14,30-32,39H,15-23H2,1H3,(H,35,40)(H,36,41)/t30-,31+,32+/m0/s1. The van der Waals surface area contributed by atoms with Gasteiger partial charge in [0.2, 0.25) is 11.8 Å². The summed E-state index contributed by atoms with van der Waals surface area (Å²) in [5.41, 5.74) is 4.39. The van der Waals surface area contributed by atoms with Crippen molar-refractivity contribution in [1.29, 1.82) is 0 Å². The molecule has 0 bridgehead atoms. The highest BCUT2D eigenvalue weighted by Crippen LogP contribution is 2.40. The molecule has 3 aromatic carbocycles. The SMILES string of the molecule is CC(=O)NCc1ccc([C@@H]2O[C@H](CN3CCC4(CC3)C(=O)NCN4c3ccccc3)C[C@H](c3ccc(CO)cc3)O2)cc1. The molecule has 43 heavy (non-hydrogen) atoms. The van der Waals surface area contributed by atoms with Gasteiger partial charge in [-0.1, -0.05) is 66.7 Å². The first-order chi connectivity index (χ1) is 20.9. The number of aliphatic hydroxyl groups is 1. The van der Waals surface area contributed by atoms with Crippen LogP contribution in [0, 0.1) is 0 Å². The van der Waals surface area contributed by atoms with Crippen LogP contribution in [-0.4, -0.2) is 59.8 Å². The van der Waals surface area contributed by atoms with Gasteiger partial charge >= 0.3 is 0 Å². The number of rotatable bonds is 8. The summed E-state index contributed by atoms with van der Waals surface area (Å²) in [6.07, 6.45) is 1.43. The van der Waals surface area contributed by atoms with E-state index < -0.39 is 11.8 Å². The minimum Gasteiger partial charge on any atom is -0.392 e. The summed E-state index contributed by atoms with van der Waals surface area (Å²) in [5, 5.41) is 15.4. The lowest BCUT2D eigenvalue weighted by Crippen LogP contribution is -2.57. The van der Waals surface area contributed by atoms with Crippen molar-refractivity contribution in [3.05, 3.63) is 101 Å².